The van der Waals surface area contributed by atoms with E-state index in [-0.39, 0.29) is 23.3 Å². The molecule has 0 bridgehead atoms. The van der Waals surface area contributed by atoms with E-state index in [1.165, 1.54) is 11.1 Å². The highest BCUT2D eigenvalue weighted by Crippen LogP contribution is 2.34. The Labute approximate surface area is 139 Å². The number of carbonyl (C=O) groups is 2. The Balaban J connectivity index is 2.03. The predicted molar refractivity (Wildman–Crippen MR) is 88.6 cm³/mol. The van der Waals surface area contributed by atoms with Crippen LogP contribution in [-0.4, -0.2) is 45.0 Å². The highest BCUT2D eigenvalue weighted by Gasteiger charge is 2.29. The second kappa shape index (κ2) is 6.54. The number of rotatable bonds is 4. The van der Waals surface area contributed by atoms with Gasteiger partial charge in [-0.05, 0) is 30.5 Å². The van der Waals surface area contributed by atoms with Crippen molar-refractivity contribution in [1.29, 1.82) is 0 Å². The van der Waals surface area contributed by atoms with Gasteiger partial charge >= 0.3 is 0 Å². The molecule has 0 unspecified atom stereocenters. The van der Waals surface area contributed by atoms with Crippen molar-refractivity contribution in [2.45, 2.75) is 18.8 Å². The Hall–Kier alpha value is -2.51. The number of nitrogens with zero attached hydrogens (tertiary/aromatic N) is 2. The van der Waals surface area contributed by atoms with Crippen LogP contribution in [0.25, 0.3) is 10.9 Å². The number of aromatic amines is 1. The number of nitrogens with two attached hydrogens (primary N) is 1. The summed E-state index contributed by atoms with van der Waals surface area (Å²) in [6.45, 7) is 4.40. The van der Waals surface area contributed by atoms with E-state index in [1.807, 2.05) is 6.07 Å². The molecule has 1 fully saturated rings. The Kier molecular flexibility index (Phi) is 4.46. The number of H-pyrrole nitrogens is 1. The van der Waals surface area contributed by atoms with Gasteiger partial charge in [0, 0.05) is 42.7 Å². The first-order valence-electron chi connectivity index (χ1n) is 7.87. The Morgan fingerprint density at radius 3 is 3.00 bits per heavy atom. The van der Waals surface area contributed by atoms with Gasteiger partial charge in [-0.25, -0.2) is 4.98 Å². The molecule has 1 amide bonds. The summed E-state index contributed by atoms with van der Waals surface area (Å²) in [4.78, 5) is 30.8. The summed E-state index contributed by atoms with van der Waals surface area (Å²) >= 11 is 0. The second-order valence-electron chi connectivity index (χ2n) is 6.13. The van der Waals surface area contributed by atoms with E-state index >= 15 is 0 Å². The van der Waals surface area contributed by atoms with E-state index in [1.54, 1.807) is 12.4 Å². The van der Waals surface area contributed by atoms with Gasteiger partial charge in [0.15, 0.2) is 11.5 Å². The number of hydrogen-bond acceptors (Lipinski definition) is 5. The second-order valence-corrected chi connectivity index (χ2v) is 6.13. The fourth-order valence-electron chi connectivity index (χ4n) is 3.42. The smallest absolute Gasteiger partial charge is 0.269 e. The maximum absolute atomic E-state index is 12.1. The molecular formula is C17H20N4O3. The van der Waals surface area contributed by atoms with Crippen molar-refractivity contribution in [1.82, 2.24) is 15.0 Å². The number of fused-ring (bicyclic) bond motifs is 1. The minimum Gasteiger partial charge on any atom is -0.364 e. The topological polar surface area (TPSA) is 112 Å². The van der Waals surface area contributed by atoms with Gasteiger partial charge in [0.05, 0.1) is 5.52 Å². The number of amides is 1. The van der Waals surface area contributed by atoms with E-state index in [0.29, 0.717) is 31.4 Å². The van der Waals surface area contributed by atoms with Crippen molar-refractivity contribution in [3.63, 3.8) is 0 Å². The molecule has 0 saturated carbocycles. The molecule has 0 radical (unpaired) electrons. The molecule has 1 aliphatic heterocycles. The van der Waals surface area contributed by atoms with Crippen LogP contribution in [0.4, 0.5) is 0 Å². The average Bonchev–Trinajstić information content (AvgIpc) is 2.97. The molecule has 2 atom stereocenters. The third-order valence-electron chi connectivity index (χ3n) is 4.64. The molecule has 1 aliphatic rings. The lowest BCUT2D eigenvalue weighted by molar-refractivity contribution is -0.119. The summed E-state index contributed by atoms with van der Waals surface area (Å²) in [6.07, 6.45) is 5.87. The molecule has 2 aromatic heterocycles. The van der Waals surface area contributed by atoms with Crippen LogP contribution in [0.2, 0.25) is 0 Å². The van der Waals surface area contributed by atoms with E-state index in [0.717, 1.165) is 10.9 Å². The number of primary amides is 1. The summed E-state index contributed by atoms with van der Waals surface area (Å²) in [5.41, 5.74) is 7.03. The van der Waals surface area contributed by atoms with E-state index in [9.17, 15) is 14.8 Å². The average molecular weight is 328 g/mol. The zero-order chi connectivity index (χ0) is 17.3. The number of ketones is 1. The maximum atomic E-state index is 12.1. The molecule has 3 rings (SSSR count). The lowest BCUT2D eigenvalue weighted by Gasteiger charge is -2.21. The largest absolute Gasteiger partial charge is 0.364 e. The van der Waals surface area contributed by atoms with Gasteiger partial charge < -0.3 is 15.9 Å². The van der Waals surface area contributed by atoms with Crippen LogP contribution >= 0.6 is 0 Å². The number of pyridine rings is 1. The molecule has 0 aliphatic carbocycles. The lowest BCUT2D eigenvalue weighted by Crippen LogP contribution is -2.24. The quantitative estimate of drug-likeness (QED) is 0.738. The van der Waals surface area contributed by atoms with Crippen LogP contribution in [0, 0.1) is 5.92 Å². The SMILES string of the molecule is C=CC(=O)[C@@H]1CCN(O)C[C@H](c2cnc(C(N)=O)c3[nH]ccc23)C1. The first-order valence-corrected chi connectivity index (χ1v) is 7.87. The summed E-state index contributed by atoms with van der Waals surface area (Å²) < 4.78 is 0. The van der Waals surface area contributed by atoms with Crippen LogP contribution in [0.15, 0.2) is 31.1 Å². The van der Waals surface area contributed by atoms with Crippen molar-refractivity contribution in [2.24, 2.45) is 11.7 Å². The third-order valence-corrected chi connectivity index (χ3v) is 4.64. The van der Waals surface area contributed by atoms with Crippen LogP contribution in [0.5, 0.6) is 0 Å². The van der Waals surface area contributed by atoms with Crippen molar-refractivity contribution >= 4 is 22.6 Å². The fourth-order valence-corrected chi connectivity index (χ4v) is 3.42. The van der Waals surface area contributed by atoms with Crippen molar-refractivity contribution in [3.8, 4) is 0 Å². The summed E-state index contributed by atoms with van der Waals surface area (Å²) in [7, 11) is 0. The Morgan fingerprint density at radius 1 is 1.50 bits per heavy atom. The fraction of sp³-hybridized carbons (Fsp3) is 0.353. The molecule has 7 nitrogen and oxygen atoms in total. The molecule has 2 aromatic rings. The number of nitrogens with one attached hydrogen (secondary N) is 1. The number of hydrogen-bond donors (Lipinski definition) is 3. The van der Waals surface area contributed by atoms with Gasteiger partial charge in [-0.3, -0.25) is 9.59 Å². The van der Waals surface area contributed by atoms with Crippen LogP contribution in [0.3, 0.4) is 0 Å². The molecule has 24 heavy (non-hydrogen) atoms. The lowest BCUT2D eigenvalue weighted by atomic mass is 9.85. The molecule has 3 heterocycles. The number of hydroxylamine groups is 2. The monoisotopic (exact) mass is 328 g/mol. The van der Waals surface area contributed by atoms with Crippen molar-refractivity contribution < 1.29 is 14.8 Å². The highest BCUT2D eigenvalue weighted by atomic mass is 16.5. The summed E-state index contributed by atoms with van der Waals surface area (Å²) in [5, 5.41) is 12.1. The molecule has 126 valence electrons. The van der Waals surface area contributed by atoms with Gasteiger partial charge in [-0.15, -0.1) is 0 Å². The normalized spacial score (nSPS) is 22.2. The molecule has 0 spiro atoms. The Bertz CT molecular complexity index is 798. The van der Waals surface area contributed by atoms with Crippen LogP contribution in [-0.2, 0) is 4.79 Å². The standard InChI is InChI=1S/C17H20N4O3/c1-2-14(22)10-4-6-21(24)9-11(7-10)13-8-20-16(17(18)23)15-12(13)3-5-19-15/h2-3,5,8,10-11,19,24H,1,4,6-7,9H2,(H2,18,23)/t10-,11-/m1/s1. The van der Waals surface area contributed by atoms with Crippen molar-refractivity contribution in [2.75, 3.05) is 13.1 Å². The Morgan fingerprint density at radius 2 is 2.29 bits per heavy atom. The molecular weight excluding hydrogens is 308 g/mol. The zero-order valence-electron chi connectivity index (χ0n) is 13.2. The minimum absolute atomic E-state index is 0.0117. The van der Waals surface area contributed by atoms with E-state index < -0.39 is 5.91 Å². The van der Waals surface area contributed by atoms with Gasteiger partial charge in [-0.2, -0.15) is 5.06 Å². The molecule has 7 heteroatoms. The number of aromatic nitrogens is 2. The van der Waals surface area contributed by atoms with E-state index in [2.05, 4.69) is 16.5 Å². The third kappa shape index (κ3) is 2.95. The summed E-state index contributed by atoms with van der Waals surface area (Å²) in [6, 6.07) is 1.86. The van der Waals surface area contributed by atoms with Gasteiger partial charge in [0.25, 0.3) is 5.91 Å². The predicted octanol–water partition coefficient (Wildman–Crippen LogP) is 1.60. The molecule has 0 aromatic carbocycles. The zero-order valence-corrected chi connectivity index (χ0v) is 13.2. The number of allylic oxidation sites excluding steroid dienone is 1. The minimum atomic E-state index is -0.599. The van der Waals surface area contributed by atoms with Crippen LogP contribution in [0.1, 0.15) is 34.8 Å². The first kappa shape index (κ1) is 16.4. The highest BCUT2D eigenvalue weighted by molar-refractivity contribution is 6.03. The van der Waals surface area contributed by atoms with Gasteiger partial charge in [0.2, 0.25) is 0 Å². The van der Waals surface area contributed by atoms with E-state index in [4.69, 9.17) is 5.73 Å². The number of carbonyl (C=O) groups excluding carboxylic acids is 2. The summed E-state index contributed by atoms with van der Waals surface area (Å²) in [5.74, 6) is -0.880. The molecule has 4 N–H and O–H groups in total. The molecule has 1 saturated heterocycles. The first-order chi connectivity index (χ1) is 11.5. The van der Waals surface area contributed by atoms with Crippen LogP contribution < -0.4 is 5.73 Å². The van der Waals surface area contributed by atoms with Crippen molar-refractivity contribution in [3.05, 3.63) is 42.4 Å². The van der Waals surface area contributed by atoms with Gasteiger partial charge in [-0.1, -0.05) is 6.58 Å². The maximum Gasteiger partial charge on any atom is 0.269 e. The van der Waals surface area contributed by atoms with Gasteiger partial charge in [0.1, 0.15) is 0 Å².